The average molecular weight is 338 g/mol. The van der Waals surface area contributed by atoms with E-state index in [0.717, 1.165) is 30.5 Å². The van der Waals surface area contributed by atoms with Crippen LogP contribution in [0.2, 0.25) is 6.32 Å². The first-order valence-electron chi connectivity index (χ1n) is 8.17. The van der Waals surface area contributed by atoms with Gasteiger partial charge in [-0.15, -0.1) is 0 Å². The number of nitriles is 1. The summed E-state index contributed by atoms with van der Waals surface area (Å²) in [5.74, 6) is 2.09. The number of rotatable bonds is 4. The lowest BCUT2D eigenvalue weighted by atomic mass is 9.61. The van der Waals surface area contributed by atoms with Gasteiger partial charge in [-0.05, 0) is 49.0 Å². The van der Waals surface area contributed by atoms with E-state index in [2.05, 4.69) is 10.7 Å². The molecule has 0 amide bonds. The molecule has 128 valence electrons. The molecule has 1 aliphatic rings. The van der Waals surface area contributed by atoms with E-state index < -0.39 is 0 Å². The molecule has 1 aliphatic heterocycles. The maximum absolute atomic E-state index is 13.1. The summed E-state index contributed by atoms with van der Waals surface area (Å²) in [6.07, 6.45) is 1.95. The number of carbonyl (C=O) groups is 1. The van der Waals surface area contributed by atoms with Crippen molar-refractivity contribution in [3.05, 3.63) is 65.5 Å². The van der Waals surface area contributed by atoms with Crippen molar-refractivity contribution in [2.45, 2.75) is 26.3 Å². The fourth-order valence-electron chi connectivity index (χ4n) is 2.72. The number of benzene rings is 2. The van der Waals surface area contributed by atoms with Crippen molar-refractivity contribution in [2.75, 3.05) is 11.4 Å². The zero-order valence-electron chi connectivity index (χ0n) is 14.2. The van der Waals surface area contributed by atoms with E-state index >= 15 is 0 Å². The van der Waals surface area contributed by atoms with E-state index in [1.54, 1.807) is 13.0 Å². The fourth-order valence-corrected chi connectivity index (χ4v) is 2.72. The molecule has 0 N–H and O–H groups in total. The number of ether oxygens (including phenoxy) is 1. The van der Waals surface area contributed by atoms with Gasteiger partial charge < -0.3 is 9.55 Å². The first kappa shape index (κ1) is 18.5. The second kappa shape index (κ2) is 9.48. The zero-order valence-corrected chi connectivity index (χ0v) is 14.2. The summed E-state index contributed by atoms with van der Waals surface area (Å²) in [6, 6.07) is 14.6. The van der Waals surface area contributed by atoms with Gasteiger partial charge in [0.15, 0.2) is 0 Å². The predicted octanol–water partition coefficient (Wildman–Crippen LogP) is 3.76. The molecule has 0 aromatic heterocycles. The second-order valence-corrected chi connectivity index (χ2v) is 5.81. The number of carbonyl (C=O) groups excluding carboxylic acids is 1. The van der Waals surface area contributed by atoms with Crippen molar-refractivity contribution in [2.24, 2.45) is 0 Å². The minimum atomic E-state index is -0.188. The Balaban J connectivity index is 0.000000196. The molecule has 1 heterocycles. The Kier molecular flexibility index (Phi) is 7.03. The molecular weight excluding hydrogens is 318 g/mol. The highest BCUT2D eigenvalue weighted by molar-refractivity contribution is 6.71. The van der Waals surface area contributed by atoms with Gasteiger partial charge in [-0.2, -0.15) is 0 Å². The molecule has 3 rings (SSSR count). The van der Waals surface area contributed by atoms with Gasteiger partial charge >= 0.3 is 6.85 Å². The van der Waals surface area contributed by atoms with Gasteiger partial charge in [0.1, 0.15) is 12.4 Å². The van der Waals surface area contributed by atoms with Crippen LogP contribution in [0.3, 0.4) is 0 Å². The van der Waals surface area contributed by atoms with Crippen molar-refractivity contribution in [3.8, 4) is 5.97 Å². The van der Waals surface area contributed by atoms with Gasteiger partial charge in [-0.3, -0.25) is 4.79 Å². The lowest BCUT2D eigenvalue weighted by Gasteiger charge is -2.20. The average Bonchev–Trinajstić information content (AvgIpc) is 3.12. The largest absolute Gasteiger partial charge is 0.463 e. The van der Waals surface area contributed by atoms with Crippen LogP contribution in [0.4, 0.5) is 10.1 Å². The number of halogens is 1. The first-order chi connectivity index (χ1) is 12.2. The van der Waals surface area contributed by atoms with Crippen LogP contribution >= 0.6 is 0 Å². The van der Waals surface area contributed by atoms with Crippen LogP contribution in [-0.4, -0.2) is 19.9 Å². The molecule has 0 bridgehead atoms. The molecule has 0 radical (unpaired) electrons. The Bertz CT molecular complexity index is 734. The molecule has 0 aliphatic carbocycles. The van der Waals surface area contributed by atoms with Gasteiger partial charge in [-0.25, -0.2) is 9.65 Å². The number of anilines is 1. The van der Waals surface area contributed by atoms with Crippen molar-refractivity contribution in [1.82, 2.24) is 0 Å². The van der Waals surface area contributed by atoms with E-state index in [1.165, 1.54) is 6.07 Å². The standard InChI is InChI=1S/C11H12BFN2.C8H8O2/c1-9-7-10(3-4-11(9)13)15-6-2-5-12(15)8-14;9-7-10-6-8-4-2-1-3-5-8/h3-4,7H,2,5-6H2,1H3;1-5,7H,6H2. The van der Waals surface area contributed by atoms with Gasteiger partial charge in [0, 0.05) is 18.2 Å². The summed E-state index contributed by atoms with van der Waals surface area (Å²) in [5.41, 5.74) is 2.60. The quantitative estimate of drug-likeness (QED) is 0.629. The fraction of sp³-hybridized carbons (Fsp3) is 0.263. The number of nitrogens with zero attached hydrogens (tertiary/aromatic N) is 2. The van der Waals surface area contributed by atoms with Crippen molar-refractivity contribution in [3.63, 3.8) is 0 Å². The highest BCUT2D eigenvalue weighted by Gasteiger charge is 2.29. The smallest absolute Gasteiger partial charge is 0.378 e. The Morgan fingerprint density at radius 2 is 2.08 bits per heavy atom. The number of aryl methyl sites for hydroxylation is 1. The molecule has 25 heavy (non-hydrogen) atoms. The van der Waals surface area contributed by atoms with Crippen LogP contribution in [0.1, 0.15) is 17.5 Å². The predicted molar refractivity (Wildman–Crippen MR) is 96.6 cm³/mol. The number of hydrogen-bond acceptors (Lipinski definition) is 4. The third-order valence-corrected chi connectivity index (χ3v) is 4.04. The molecular formula is C19H20BFN2O2. The van der Waals surface area contributed by atoms with Crippen LogP contribution in [0, 0.1) is 24.0 Å². The molecule has 1 saturated heterocycles. The van der Waals surface area contributed by atoms with Crippen LogP contribution in [-0.2, 0) is 16.1 Å². The number of hydrogen-bond donors (Lipinski definition) is 0. The lowest BCUT2D eigenvalue weighted by Crippen LogP contribution is -2.32. The van der Waals surface area contributed by atoms with E-state index in [-0.39, 0.29) is 12.7 Å². The van der Waals surface area contributed by atoms with Crippen LogP contribution in [0.5, 0.6) is 0 Å². The highest BCUT2D eigenvalue weighted by atomic mass is 19.1. The minimum Gasteiger partial charge on any atom is -0.463 e. The summed E-state index contributed by atoms with van der Waals surface area (Å²) in [4.78, 5) is 11.8. The molecule has 4 nitrogen and oxygen atoms in total. The van der Waals surface area contributed by atoms with Crippen LogP contribution < -0.4 is 4.81 Å². The maximum Gasteiger partial charge on any atom is 0.378 e. The topological polar surface area (TPSA) is 53.3 Å². The van der Waals surface area contributed by atoms with E-state index in [0.29, 0.717) is 18.6 Å². The monoisotopic (exact) mass is 338 g/mol. The molecule has 0 atom stereocenters. The normalized spacial score (nSPS) is 12.8. The highest BCUT2D eigenvalue weighted by Crippen LogP contribution is 2.25. The SMILES string of the molecule is Cc1cc(N2CCCB2C#N)ccc1F.O=COCc1ccccc1. The van der Waals surface area contributed by atoms with Gasteiger partial charge in [0.25, 0.3) is 6.47 Å². The van der Waals surface area contributed by atoms with Gasteiger partial charge in [-0.1, -0.05) is 30.3 Å². The third-order valence-electron chi connectivity index (χ3n) is 4.04. The molecule has 0 unspecified atom stereocenters. The summed E-state index contributed by atoms with van der Waals surface area (Å²) in [6.45, 7) is 3.41. The Labute approximate surface area is 147 Å². The van der Waals surface area contributed by atoms with Gasteiger partial charge in [0.05, 0.1) is 0 Å². The lowest BCUT2D eigenvalue weighted by molar-refractivity contribution is -0.129. The van der Waals surface area contributed by atoms with E-state index in [1.807, 2.05) is 41.2 Å². The van der Waals surface area contributed by atoms with Crippen molar-refractivity contribution in [1.29, 1.82) is 5.26 Å². The first-order valence-corrected chi connectivity index (χ1v) is 8.17. The minimum absolute atomic E-state index is 0.0464. The second-order valence-electron chi connectivity index (χ2n) is 5.81. The molecule has 2 aromatic rings. The Morgan fingerprint density at radius 1 is 1.32 bits per heavy atom. The van der Waals surface area contributed by atoms with Crippen molar-refractivity contribution < 1.29 is 13.9 Å². The third kappa shape index (κ3) is 5.35. The molecule has 2 aromatic carbocycles. The summed E-state index contributed by atoms with van der Waals surface area (Å²) in [7, 11) is 0. The zero-order chi connectivity index (χ0) is 18.1. The Hall–Kier alpha value is -2.81. The summed E-state index contributed by atoms with van der Waals surface area (Å²) < 4.78 is 17.6. The van der Waals surface area contributed by atoms with Crippen LogP contribution in [0.25, 0.3) is 0 Å². The van der Waals surface area contributed by atoms with Crippen LogP contribution in [0.15, 0.2) is 48.5 Å². The van der Waals surface area contributed by atoms with Gasteiger partial charge in [0.2, 0.25) is 0 Å². The molecule has 6 heteroatoms. The van der Waals surface area contributed by atoms with E-state index in [9.17, 15) is 9.18 Å². The summed E-state index contributed by atoms with van der Waals surface area (Å²) in [5, 5.41) is 8.96. The summed E-state index contributed by atoms with van der Waals surface area (Å²) >= 11 is 0. The Morgan fingerprint density at radius 3 is 2.72 bits per heavy atom. The molecule has 1 fully saturated rings. The maximum atomic E-state index is 13.1. The molecule has 0 saturated carbocycles. The van der Waals surface area contributed by atoms with Crippen molar-refractivity contribution >= 4 is 19.0 Å². The molecule has 0 spiro atoms. The van der Waals surface area contributed by atoms with E-state index in [4.69, 9.17) is 5.26 Å².